The molecule has 0 fully saturated rings. The Morgan fingerprint density at radius 3 is 2.53 bits per heavy atom. The quantitative estimate of drug-likeness (QED) is 0.330. The van der Waals surface area contributed by atoms with E-state index in [1.54, 1.807) is 62.0 Å². The number of aromatic nitrogens is 3. The molecular formula is C24H23N5O3. The first kappa shape index (κ1) is 21.1. The fourth-order valence-electron chi connectivity index (χ4n) is 3.29. The van der Waals surface area contributed by atoms with Crippen LogP contribution < -0.4 is 15.1 Å². The minimum Gasteiger partial charge on any atom is -0.497 e. The minimum absolute atomic E-state index is 0.332. The lowest BCUT2D eigenvalue weighted by Gasteiger charge is -2.17. The van der Waals surface area contributed by atoms with Crippen molar-refractivity contribution in [3.8, 4) is 28.1 Å². The summed E-state index contributed by atoms with van der Waals surface area (Å²) in [6.45, 7) is 2.73. The molecule has 0 bridgehead atoms. The third kappa shape index (κ3) is 4.45. The van der Waals surface area contributed by atoms with Gasteiger partial charge in [-0.1, -0.05) is 12.1 Å². The van der Waals surface area contributed by atoms with Crippen LogP contribution in [0.15, 0.2) is 79.3 Å². The van der Waals surface area contributed by atoms with Gasteiger partial charge in [-0.15, -0.1) is 0 Å². The molecule has 4 rings (SSSR count). The van der Waals surface area contributed by atoms with E-state index >= 15 is 0 Å². The second kappa shape index (κ2) is 9.32. The molecule has 32 heavy (non-hydrogen) atoms. The van der Waals surface area contributed by atoms with Gasteiger partial charge in [0.1, 0.15) is 11.4 Å². The third-order valence-corrected chi connectivity index (χ3v) is 4.97. The molecule has 2 amide bonds. The maximum atomic E-state index is 12.6. The Morgan fingerprint density at radius 2 is 1.84 bits per heavy atom. The van der Waals surface area contributed by atoms with Crippen LogP contribution >= 0.6 is 0 Å². The molecule has 2 aromatic carbocycles. The summed E-state index contributed by atoms with van der Waals surface area (Å²) in [4.78, 5) is 16.6. The maximum Gasteiger partial charge on any atom is 0.350 e. The summed E-state index contributed by atoms with van der Waals surface area (Å²) in [7, 11) is 1.57. The number of amides is 2. The van der Waals surface area contributed by atoms with Gasteiger partial charge in [0.25, 0.3) is 0 Å². The molecule has 162 valence electrons. The zero-order valence-corrected chi connectivity index (χ0v) is 17.8. The van der Waals surface area contributed by atoms with Crippen molar-refractivity contribution in [3.63, 3.8) is 0 Å². The summed E-state index contributed by atoms with van der Waals surface area (Å²) in [6.07, 6.45) is 5.40. The fourth-order valence-corrected chi connectivity index (χ4v) is 3.29. The number of rotatable bonds is 6. The zero-order chi connectivity index (χ0) is 22.5. The van der Waals surface area contributed by atoms with E-state index < -0.39 is 6.03 Å². The number of nitrogens with one attached hydrogen (secondary N) is 1. The van der Waals surface area contributed by atoms with E-state index in [0.717, 1.165) is 22.4 Å². The van der Waals surface area contributed by atoms with Crippen LogP contribution in [0.4, 0.5) is 16.2 Å². The predicted octanol–water partition coefficient (Wildman–Crippen LogP) is 5.07. The van der Waals surface area contributed by atoms with Crippen molar-refractivity contribution in [2.24, 2.45) is 0 Å². The van der Waals surface area contributed by atoms with Crippen LogP contribution in [0.5, 0.6) is 5.75 Å². The van der Waals surface area contributed by atoms with Crippen LogP contribution in [-0.2, 0) is 6.54 Å². The van der Waals surface area contributed by atoms with Gasteiger partial charge in [0, 0.05) is 41.9 Å². The lowest BCUT2D eigenvalue weighted by Crippen LogP contribution is -2.31. The highest BCUT2D eigenvalue weighted by Gasteiger charge is 2.17. The highest BCUT2D eigenvalue weighted by Crippen LogP contribution is 2.32. The van der Waals surface area contributed by atoms with Gasteiger partial charge in [0.2, 0.25) is 0 Å². The Bertz CT molecular complexity index is 1210. The molecule has 4 aromatic rings. The number of carbonyl (C=O) groups is 1. The van der Waals surface area contributed by atoms with E-state index in [2.05, 4.69) is 15.4 Å². The Labute approximate surface area is 185 Å². The normalized spacial score (nSPS) is 10.6. The van der Waals surface area contributed by atoms with Crippen LogP contribution in [0.3, 0.4) is 0 Å². The molecule has 0 saturated carbocycles. The molecular weight excluding hydrogens is 406 g/mol. The van der Waals surface area contributed by atoms with Crippen LogP contribution in [0.25, 0.3) is 22.4 Å². The van der Waals surface area contributed by atoms with Crippen LogP contribution in [-0.4, -0.2) is 33.1 Å². The summed E-state index contributed by atoms with van der Waals surface area (Å²) < 4.78 is 6.97. The van der Waals surface area contributed by atoms with E-state index in [9.17, 15) is 10.0 Å². The van der Waals surface area contributed by atoms with E-state index in [4.69, 9.17) is 4.74 Å². The van der Waals surface area contributed by atoms with E-state index in [0.29, 0.717) is 28.7 Å². The molecule has 0 aliphatic rings. The SMILES string of the molecule is CCn1cc(-c2cccc(N(O)C(=O)Nc3ccc(OC)cc3)c2)c(-c2ccncc2)n1. The fraction of sp³-hybridized carbons (Fsp3) is 0.125. The van der Waals surface area contributed by atoms with Crippen LogP contribution in [0.2, 0.25) is 0 Å². The van der Waals surface area contributed by atoms with Crippen molar-refractivity contribution in [2.75, 3.05) is 17.5 Å². The van der Waals surface area contributed by atoms with Gasteiger partial charge in [0.15, 0.2) is 0 Å². The van der Waals surface area contributed by atoms with Crippen molar-refractivity contribution >= 4 is 17.4 Å². The Kier molecular flexibility index (Phi) is 6.14. The smallest absolute Gasteiger partial charge is 0.350 e. The van der Waals surface area contributed by atoms with Crippen molar-refractivity contribution in [1.29, 1.82) is 0 Å². The number of benzene rings is 2. The molecule has 0 unspecified atom stereocenters. The average Bonchev–Trinajstić information content (AvgIpc) is 3.29. The summed E-state index contributed by atoms with van der Waals surface area (Å²) >= 11 is 0. The monoisotopic (exact) mass is 429 g/mol. The molecule has 0 radical (unpaired) electrons. The lowest BCUT2D eigenvalue weighted by atomic mass is 10.0. The van der Waals surface area contributed by atoms with Crippen molar-refractivity contribution in [3.05, 3.63) is 79.3 Å². The Balaban J connectivity index is 1.61. The highest BCUT2D eigenvalue weighted by atomic mass is 16.5. The second-order valence-corrected chi connectivity index (χ2v) is 7.00. The molecule has 0 saturated heterocycles. The summed E-state index contributed by atoms with van der Waals surface area (Å²) in [5, 5.41) is 18.5. The standard InChI is InChI=1S/C24H23N5O3/c1-3-28-16-22(23(27-28)17-11-13-25-14-12-17)18-5-4-6-20(15-18)29(31)24(30)26-19-7-9-21(32-2)10-8-19/h4-16,31H,3H2,1-2H3,(H,26,30). The Hall–Kier alpha value is -4.17. The number of methoxy groups -OCH3 is 1. The molecule has 8 heteroatoms. The zero-order valence-electron chi connectivity index (χ0n) is 17.8. The molecule has 2 heterocycles. The summed E-state index contributed by atoms with van der Waals surface area (Å²) in [5.41, 5.74) is 4.33. The predicted molar refractivity (Wildman–Crippen MR) is 123 cm³/mol. The molecule has 2 aromatic heterocycles. The molecule has 0 aliphatic heterocycles. The second-order valence-electron chi connectivity index (χ2n) is 7.00. The first-order chi connectivity index (χ1) is 15.6. The largest absolute Gasteiger partial charge is 0.497 e. The molecule has 0 spiro atoms. The number of urea groups is 1. The van der Waals surface area contributed by atoms with E-state index in [1.165, 1.54) is 0 Å². The van der Waals surface area contributed by atoms with Gasteiger partial charge < -0.3 is 10.1 Å². The van der Waals surface area contributed by atoms with Gasteiger partial charge in [-0.2, -0.15) is 10.2 Å². The molecule has 2 N–H and O–H groups in total. The van der Waals surface area contributed by atoms with Crippen molar-refractivity contribution in [2.45, 2.75) is 13.5 Å². The number of hydrogen-bond acceptors (Lipinski definition) is 5. The van der Waals surface area contributed by atoms with Crippen molar-refractivity contribution in [1.82, 2.24) is 14.8 Å². The number of nitrogens with zero attached hydrogens (tertiary/aromatic N) is 4. The number of anilines is 2. The van der Waals surface area contributed by atoms with Crippen LogP contribution in [0, 0.1) is 0 Å². The lowest BCUT2D eigenvalue weighted by molar-refractivity contribution is 0.216. The number of hydroxylamine groups is 1. The summed E-state index contributed by atoms with van der Waals surface area (Å²) in [5.74, 6) is 0.675. The number of pyridine rings is 1. The van der Waals surface area contributed by atoms with Crippen molar-refractivity contribution < 1.29 is 14.7 Å². The van der Waals surface area contributed by atoms with Gasteiger partial charge in [-0.05, 0) is 61.0 Å². The van der Waals surface area contributed by atoms with E-state index in [1.807, 2.05) is 36.0 Å². The third-order valence-electron chi connectivity index (χ3n) is 4.97. The number of hydrogen-bond donors (Lipinski definition) is 2. The molecule has 8 nitrogen and oxygen atoms in total. The summed E-state index contributed by atoms with van der Waals surface area (Å²) in [6, 6.07) is 17.1. The van der Waals surface area contributed by atoms with Crippen LogP contribution in [0.1, 0.15) is 6.92 Å². The molecule has 0 aliphatic carbocycles. The molecule has 0 atom stereocenters. The maximum absolute atomic E-state index is 12.6. The van der Waals surface area contributed by atoms with E-state index in [-0.39, 0.29) is 0 Å². The average molecular weight is 429 g/mol. The Morgan fingerprint density at radius 1 is 1.09 bits per heavy atom. The minimum atomic E-state index is -0.675. The number of aryl methyl sites for hydroxylation is 1. The first-order valence-corrected chi connectivity index (χ1v) is 10.1. The van der Waals surface area contributed by atoms with Gasteiger partial charge in [-0.25, -0.2) is 4.79 Å². The number of carbonyl (C=O) groups excluding carboxylic acids is 1. The van der Waals surface area contributed by atoms with Gasteiger partial charge in [0.05, 0.1) is 12.8 Å². The van der Waals surface area contributed by atoms with Gasteiger partial charge >= 0.3 is 6.03 Å². The topological polar surface area (TPSA) is 92.5 Å². The van der Waals surface area contributed by atoms with Gasteiger partial charge in [-0.3, -0.25) is 14.9 Å². The highest BCUT2D eigenvalue weighted by molar-refractivity contribution is 6.00. The number of ether oxygens (including phenoxy) is 1. The first-order valence-electron chi connectivity index (χ1n) is 10.1.